The number of nitrogens with one attached hydrogen (secondary N) is 1. The molecule has 1 saturated carbocycles. The number of nitrogens with two attached hydrogens (primary N) is 1. The van der Waals surface area contributed by atoms with E-state index >= 15 is 0 Å². The Morgan fingerprint density at radius 3 is 2.40 bits per heavy atom. The van der Waals surface area contributed by atoms with Gasteiger partial charge in [-0.1, -0.05) is 12.8 Å². The molecule has 5 nitrogen and oxygen atoms in total. The van der Waals surface area contributed by atoms with Gasteiger partial charge in [0, 0.05) is 0 Å². The zero-order chi connectivity index (χ0) is 11.5. The average Bonchev–Trinajstić information content (AvgIpc) is 2.65. The van der Waals surface area contributed by atoms with Gasteiger partial charge in [0.05, 0.1) is 12.6 Å². The molecule has 0 aromatic rings. The Morgan fingerprint density at radius 2 is 1.93 bits per heavy atom. The molecular formula is C10H18N2O3. The molecule has 0 aromatic heterocycles. The van der Waals surface area contributed by atoms with Crippen molar-refractivity contribution < 1.29 is 14.3 Å². The van der Waals surface area contributed by atoms with Crippen LogP contribution in [0.2, 0.25) is 0 Å². The molecule has 1 aliphatic carbocycles. The third-order valence-corrected chi connectivity index (χ3v) is 2.85. The van der Waals surface area contributed by atoms with Crippen molar-refractivity contribution in [3.05, 3.63) is 0 Å². The van der Waals surface area contributed by atoms with Crippen LogP contribution in [0.4, 0.5) is 0 Å². The third kappa shape index (κ3) is 2.68. The first-order valence-electron chi connectivity index (χ1n) is 5.17. The first kappa shape index (κ1) is 12.0. The molecule has 1 amide bonds. The van der Waals surface area contributed by atoms with Crippen LogP contribution in [0.25, 0.3) is 0 Å². The monoisotopic (exact) mass is 214 g/mol. The lowest BCUT2D eigenvalue weighted by Crippen LogP contribution is -2.55. The first-order valence-corrected chi connectivity index (χ1v) is 5.17. The molecule has 0 aliphatic heterocycles. The van der Waals surface area contributed by atoms with Gasteiger partial charge < -0.3 is 15.8 Å². The molecule has 86 valence electrons. The van der Waals surface area contributed by atoms with Crippen LogP contribution in [-0.4, -0.2) is 30.6 Å². The van der Waals surface area contributed by atoms with E-state index in [1.54, 1.807) is 6.92 Å². The van der Waals surface area contributed by atoms with E-state index in [4.69, 9.17) is 5.73 Å². The second kappa shape index (κ2) is 4.61. The Labute approximate surface area is 89.3 Å². The lowest BCUT2D eigenvalue weighted by molar-refractivity contribution is -0.145. The van der Waals surface area contributed by atoms with E-state index < -0.39 is 17.6 Å². The van der Waals surface area contributed by atoms with E-state index in [9.17, 15) is 9.59 Å². The highest BCUT2D eigenvalue weighted by Gasteiger charge is 2.38. The van der Waals surface area contributed by atoms with E-state index in [2.05, 4.69) is 10.1 Å². The molecule has 0 aromatic carbocycles. The molecule has 0 spiro atoms. The highest BCUT2D eigenvalue weighted by molar-refractivity contribution is 5.90. The van der Waals surface area contributed by atoms with Gasteiger partial charge in [-0.15, -0.1) is 0 Å². The topological polar surface area (TPSA) is 81.4 Å². The van der Waals surface area contributed by atoms with Crippen molar-refractivity contribution >= 4 is 11.9 Å². The quantitative estimate of drug-likeness (QED) is 0.645. The smallest absolute Gasteiger partial charge is 0.328 e. The zero-order valence-corrected chi connectivity index (χ0v) is 9.21. The van der Waals surface area contributed by atoms with E-state index in [1.807, 2.05) is 0 Å². The summed E-state index contributed by atoms with van der Waals surface area (Å²) >= 11 is 0. The maximum atomic E-state index is 11.8. The zero-order valence-electron chi connectivity index (χ0n) is 9.21. The molecule has 15 heavy (non-hydrogen) atoms. The van der Waals surface area contributed by atoms with Crippen LogP contribution in [0.3, 0.4) is 0 Å². The molecule has 0 radical (unpaired) electrons. The van der Waals surface area contributed by atoms with Crippen molar-refractivity contribution in [2.75, 3.05) is 7.11 Å². The van der Waals surface area contributed by atoms with Crippen molar-refractivity contribution in [2.24, 2.45) is 5.73 Å². The number of ether oxygens (including phenoxy) is 1. The van der Waals surface area contributed by atoms with Crippen LogP contribution < -0.4 is 11.1 Å². The van der Waals surface area contributed by atoms with Crippen molar-refractivity contribution in [1.29, 1.82) is 0 Å². The van der Waals surface area contributed by atoms with Crippen LogP contribution in [0, 0.1) is 0 Å². The normalized spacial score (nSPS) is 20.7. The first-order chi connectivity index (χ1) is 6.99. The molecule has 0 bridgehead atoms. The Hall–Kier alpha value is -1.10. The van der Waals surface area contributed by atoms with Crippen LogP contribution in [0.1, 0.15) is 32.6 Å². The second-order valence-corrected chi connectivity index (χ2v) is 4.08. The van der Waals surface area contributed by atoms with Crippen LogP contribution in [0.15, 0.2) is 0 Å². The molecule has 1 fully saturated rings. The Morgan fingerprint density at radius 1 is 1.40 bits per heavy atom. The van der Waals surface area contributed by atoms with Crippen LogP contribution >= 0.6 is 0 Å². The highest BCUT2D eigenvalue weighted by Crippen LogP contribution is 2.27. The lowest BCUT2D eigenvalue weighted by Gasteiger charge is -2.24. The van der Waals surface area contributed by atoms with Crippen molar-refractivity contribution in [2.45, 2.75) is 44.2 Å². The maximum Gasteiger partial charge on any atom is 0.328 e. The van der Waals surface area contributed by atoms with Gasteiger partial charge in [0.2, 0.25) is 5.91 Å². The minimum Gasteiger partial charge on any atom is -0.467 e. The summed E-state index contributed by atoms with van der Waals surface area (Å²) in [5.41, 5.74) is 5.14. The number of rotatable bonds is 3. The molecule has 5 heteroatoms. The Balaban J connectivity index is 2.51. The van der Waals surface area contributed by atoms with Crippen LogP contribution in [-0.2, 0) is 14.3 Å². The minimum atomic E-state index is -0.789. The van der Waals surface area contributed by atoms with Gasteiger partial charge in [0.1, 0.15) is 6.04 Å². The summed E-state index contributed by atoms with van der Waals surface area (Å²) in [6.45, 7) is 1.59. The van der Waals surface area contributed by atoms with E-state index in [0.29, 0.717) is 12.8 Å². The number of carbonyl (C=O) groups is 2. The van der Waals surface area contributed by atoms with Crippen molar-refractivity contribution in [1.82, 2.24) is 5.32 Å². The predicted octanol–water partition coefficient (Wildman–Crippen LogP) is -0.0644. The minimum absolute atomic E-state index is 0.252. The van der Waals surface area contributed by atoms with Gasteiger partial charge in [0.25, 0.3) is 0 Å². The van der Waals surface area contributed by atoms with Crippen molar-refractivity contribution in [3.8, 4) is 0 Å². The van der Waals surface area contributed by atoms with E-state index in [-0.39, 0.29) is 5.91 Å². The molecule has 0 saturated heterocycles. The van der Waals surface area contributed by atoms with Gasteiger partial charge in [-0.25, -0.2) is 4.79 Å². The number of hydrogen-bond donors (Lipinski definition) is 2. The number of carbonyl (C=O) groups excluding carboxylic acids is 2. The summed E-state index contributed by atoms with van der Waals surface area (Å²) in [5.74, 6) is -0.706. The Kier molecular flexibility index (Phi) is 3.68. The second-order valence-electron chi connectivity index (χ2n) is 4.08. The summed E-state index contributed by atoms with van der Waals surface area (Å²) in [7, 11) is 1.29. The number of amides is 1. The molecule has 1 atom stereocenters. The van der Waals surface area contributed by atoms with Gasteiger partial charge in [-0.2, -0.15) is 0 Å². The highest BCUT2D eigenvalue weighted by atomic mass is 16.5. The molecular weight excluding hydrogens is 196 g/mol. The van der Waals surface area contributed by atoms with Crippen LogP contribution in [0.5, 0.6) is 0 Å². The van der Waals surface area contributed by atoms with Gasteiger partial charge in [0.15, 0.2) is 0 Å². The fourth-order valence-electron chi connectivity index (χ4n) is 1.81. The summed E-state index contributed by atoms with van der Waals surface area (Å²) < 4.78 is 4.51. The van der Waals surface area contributed by atoms with Gasteiger partial charge >= 0.3 is 5.97 Å². The third-order valence-electron chi connectivity index (χ3n) is 2.85. The summed E-state index contributed by atoms with van der Waals surface area (Å²) in [4.78, 5) is 22.8. The fourth-order valence-corrected chi connectivity index (χ4v) is 1.81. The number of hydrogen-bond acceptors (Lipinski definition) is 4. The molecule has 1 unspecified atom stereocenters. The van der Waals surface area contributed by atoms with Crippen molar-refractivity contribution in [3.63, 3.8) is 0 Å². The fraction of sp³-hybridized carbons (Fsp3) is 0.800. The summed E-state index contributed by atoms with van der Waals surface area (Å²) in [6.07, 6.45) is 3.31. The van der Waals surface area contributed by atoms with Gasteiger partial charge in [-0.05, 0) is 19.8 Å². The standard InChI is InChI=1S/C10H18N2O3/c1-7(8(13)15-2)12-9(14)10(11)5-3-4-6-10/h7H,3-6,11H2,1-2H3,(H,12,14). The molecule has 1 aliphatic rings. The SMILES string of the molecule is COC(=O)C(C)NC(=O)C1(N)CCCC1. The Bertz CT molecular complexity index is 259. The average molecular weight is 214 g/mol. The van der Waals surface area contributed by atoms with E-state index in [1.165, 1.54) is 7.11 Å². The molecule has 1 rings (SSSR count). The summed E-state index contributed by atoms with van der Waals surface area (Å²) in [6, 6.07) is -0.636. The van der Waals surface area contributed by atoms with E-state index in [0.717, 1.165) is 12.8 Å². The largest absolute Gasteiger partial charge is 0.467 e. The molecule has 3 N–H and O–H groups in total. The number of esters is 1. The van der Waals surface area contributed by atoms with Gasteiger partial charge in [-0.3, -0.25) is 4.79 Å². The maximum absolute atomic E-state index is 11.8. The lowest BCUT2D eigenvalue weighted by atomic mass is 9.98. The predicted molar refractivity (Wildman–Crippen MR) is 55.0 cm³/mol. The molecule has 0 heterocycles. The number of methoxy groups -OCH3 is 1. The summed E-state index contributed by atoms with van der Waals surface area (Å²) in [5, 5.41) is 2.57.